The van der Waals surface area contributed by atoms with Crippen molar-refractivity contribution in [2.75, 3.05) is 0 Å². The Hall–Kier alpha value is -4.07. The van der Waals surface area contributed by atoms with Gasteiger partial charge in [-0.05, 0) is 29.8 Å². The molecule has 2 aromatic carbocycles. The highest BCUT2D eigenvalue weighted by Gasteiger charge is 2.18. The van der Waals surface area contributed by atoms with E-state index in [0.717, 1.165) is 5.56 Å². The van der Waals surface area contributed by atoms with Gasteiger partial charge in [0.05, 0.1) is 12.5 Å². The first-order chi connectivity index (χ1) is 15.0. The minimum absolute atomic E-state index is 0.0356. The molecule has 0 radical (unpaired) electrons. The molecule has 160 valence electrons. The summed E-state index contributed by atoms with van der Waals surface area (Å²) in [6.45, 7) is 1.55. The van der Waals surface area contributed by atoms with Crippen molar-refractivity contribution in [2.24, 2.45) is 0 Å². The Balaban J connectivity index is 1.50. The average molecular weight is 421 g/mol. The van der Waals surface area contributed by atoms with Gasteiger partial charge < -0.3 is 14.5 Å². The molecule has 0 aliphatic carbocycles. The number of hydrazine groups is 1. The van der Waals surface area contributed by atoms with E-state index in [1.54, 1.807) is 6.07 Å². The molecule has 1 heterocycles. The van der Waals surface area contributed by atoms with Gasteiger partial charge >= 0.3 is 5.91 Å². The minimum atomic E-state index is -0.602. The lowest BCUT2D eigenvalue weighted by atomic mass is 10.0. The molecule has 0 saturated carbocycles. The van der Waals surface area contributed by atoms with E-state index in [2.05, 4.69) is 16.2 Å². The molecule has 0 bridgehead atoms. The lowest BCUT2D eigenvalue weighted by molar-refractivity contribution is -0.123. The van der Waals surface area contributed by atoms with Crippen LogP contribution in [0.1, 0.15) is 41.3 Å². The highest BCUT2D eigenvalue weighted by molar-refractivity contribution is 5.93. The number of hydrogen-bond donors (Lipinski definition) is 3. The molecule has 8 nitrogen and oxygen atoms in total. The van der Waals surface area contributed by atoms with Gasteiger partial charge in [0.2, 0.25) is 11.8 Å². The summed E-state index contributed by atoms with van der Waals surface area (Å²) in [7, 11) is 0. The molecule has 1 aromatic heterocycles. The number of ether oxygens (including phenoxy) is 1. The fourth-order valence-corrected chi connectivity index (χ4v) is 2.86. The van der Waals surface area contributed by atoms with Crippen LogP contribution in [0.15, 0.2) is 77.2 Å². The van der Waals surface area contributed by atoms with Crippen LogP contribution in [-0.2, 0) is 16.2 Å². The second-order valence-corrected chi connectivity index (χ2v) is 6.74. The summed E-state index contributed by atoms with van der Waals surface area (Å²) in [4.78, 5) is 36.0. The van der Waals surface area contributed by atoms with Crippen molar-refractivity contribution in [3.05, 3.63) is 89.9 Å². The summed E-state index contributed by atoms with van der Waals surface area (Å²) in [5.41, 5.74) is 5.44. The zero-order valence-electron chi connectivity index (χ0n) is 17.0. The molecule has 3 rings (SSSR count). The third-order valence-corrected chi connectivity index (χ3v) is 4.29. The minimum Gasteiger partial charge on any atom is -0.486 e. The molecule has 0 saturated heterocycles. The second kappa shape index (κ2) is 10.6. The molecule has 8 heteroatoms. The number of furan rings is 1. The Kier molecular flexibility index (Phi) is 7.42. The van der Waals surface area contributed by atoms with E-state index < -0.39 is 17.9 Å². The van der Waals surface area contributed by atoms with Crippen LogP contribution >= 0.6 is 0 Å². The van der Waals surface area contributed by atoms with E-state index in [0.29, 0.717) is 11.5 Å². The number of nitrogens with one attached hydrogen (secondary N) is 3. The normalized spacial score (nSPS) is 11.3. The van der Waals surface area contributed by atoms with Crippen LogP contribution in [0.25, 0.3) is 0 Å². The van der Waals surface area contributed by atoms with Gasteiger partial charge in [-0.2, -0.15) is 0 Å². The van der Waals surface area contributed by atoms with Crippen LogP contribution in [0.3, 0.4) is 0 Å². The predicted molar refractivity (Wildman–Crippen MR) is 113 cm³/mol. The maximum absolute atomic E-state index is 12.3. The SMILES string of the molecule is CC(=O)N[C@@H](CC(=O)NNC(=O)c1ccc(COc2ccccc2)o1)c1ccccc1. The molecule has 0 aliphatic rings. The van der Waals surface area contributed by atoms with Gasteiger partial charge in [0, 0.05) is 6.92 Å². The number of rotatable bonds is 8. The quantitative estimate of drug-likeness (QED) is 0.485. The van der Waals surface area contributed by atoms with Crippen molar-refractivity contribution >= 4 is 17.7 Å². The molecule has 31 heavy (non-hydrogen) atoms. The lowest BCUT2D eigenvalue weighted by Crippen LogP contribution is -2.43. The first-order valence-corrected chi connectivity index (χ1v) is 9.69. The van der Waals surface area contributed by atoms with Crippen LogP contribution in [0.2, 0.25) is 0 Å². The topological polar surface area (TPSA) is 110 Å². The van der Waals surface area contributed by atoms with Crippen LogP contribution in [0.5, 0.6) is 5.75 Å². The summed E-state index contributed by atoms with van der Waals surface area (Å²) >= 11 is 0. The first kappa shape index (κ1) is 21.6. The van der Waals surface area contributed by atoms with Crippen molar-refractivity contribution in [2.45, 2.75) is 26.0 Å². The Morgan fingerprint density at radius 2 is 1.58 bits per heavy atom. The molecular weight excluding hydrogens is 398 g/mol. The monoisotopic (exact) mass is 421 g/mol. The number of carbonyl (C=O) groups is 3. The number of benzene rings is 2. The van der Waals surface area contributed by atoms with Gasteiger partial charge in [-0.1, -0.05) is 48.5 Å². The molecule has 0 spiro atoms. The summed E-state index contributed by atoms with van der Waals surface area (Å²) in [5, 5.41) is 2.73. The molecule has 0 aliphatic heterocycles. The summed E-state index contributed by atoms with van der Waals surface area (Å²) in [6, 6.07) is 20.9. The zero-order chi connectivity index (χ0) is 22.1. The highest BCUT2D eigenvalue weighted by Crippen LogP contribution is 2.16. The van der Waals surface area contributed by atoms with Crippen LogP contribution in [-0.4, -0.2) is 17.7 Å². The van der Waals surface area contributed by atoms with E-state index >= 15 is 0 Å². The molecule has 1 atom stereocenters. The van der Waals surface area contributed by atoms with E-state index in [4.69, 9.17) is 9.15 Å². The Morgan fingerprint density at radius 3 is 2.26 bits per heavy atom. The first-order valence-electron chi connectivity index (χ1n) is 9.69. The zero-order valence-corrected chi connectivity index (χ0v) is 17.0. The smallest absolute Gasteiger partial charge is 0.305 e. The summed E-state index contributed by atoms with van der Waals surface area (Å²) in [5.74, 6) is -0.135. The van der Waals surface area contributed by atoms with E-state index in [-0.39, 0.29) is 24.7 Å². The van der Waals surface area contributed by atoms with Crippen LogP contribution < -0.4 is 20.9 Å². The third-order valence-electron chi connectivity index (χ3n) is 4.29. The fourth-order valence-electron chi connectivity index (χ4n) is 2.86. The number of amides is 3. The maximum atomic E-state index is 12.3. The lowest BCUT2D eigenvalue weighted by Gasteiger charge is -2.18. The fraction of sp³-hybridized carbons (Fsp3) is 0.174. The van der Waals surface area contributed by atoms with Gasteiger partial charge in [-0.15, -0.1) is 0 Å². The Morgan fingerprint density at radius 1 is 0.903 bits per heavy atom. The van der Waals surface area contributed by atoms with Crippen LogP contribution in [0.4, 0.5) is 0 Å². The molecule has 3 N–H and O–H groups in total. The number of carbonyl (C=O) groups excluding carboxylic acids is 3. The number of hydrogen-bond acceptors (Lipinski definition) is 5. The number of para-hydroxylation sites is 1. The van der Waals surface area contributed by atoms with Crippen molar-refractivity contribution in [3.63, 3.8) is 0 Å². The molecule has 3 aromatic rings. The molecule has 0 unspecified atom stereocenters. The van der Waals surface area contributed by atoms with Crippen molar-refractivity contribution in [1.29, 1.82) is 0 Å². The largest absolute Gasteiger partial charge is 0.486 e. The van der Waals surface area contributed by atoms with Crippen molar-refractivity contribution in [1.82, 2.24) is 16.2 Å². The van der Waals surface area contributed by atoms with Gasteiger partial charge in [-0.3, -0.25) is 25.2 Å². The molecular formula is C23H23N3O5. The summed E-state index contributed by atoms with van der Waals surface area (Å²) in [6.07, 6.45) is -0.0435. The van der Waals surface area contributed by atoms with Gasteiger partial charge in [0.25, 0.3) is 0 Å². The van der Waals surface area contributed by atoms with Gasteiger partial charge in [0.15, 0.2) is 5.76 Å². The Bertz CT molecular complexity index is 1020. The maximum Gasteiger partial charge on any atom is 0.305 e. The van der Waals surface area contributed by atoms with Gasteiger partial charge in [-0.25, -0.2) is 0 Å². The predicted octanol–water partition coefficient (Wildman–Crippen LogP) is 2.89. The van der Waals surface area contributed by atoms with Crippen molar-refractivity contribution in [3.8, 4) is 5.75 Å². The van der Waals surface area contributed by atoms with Crippen LogP contribution in [0, 0.1) is 0 Å². The van der Waals surface area contributed by atoms with E-state index in [1.807, 2.05) is 60.7 Å². The third kappa shape index (κ3) is 6.74. The van der Waals surface area contributed by atoms with E-state index in [9.17, 15) is 14.4 Å². The van der Waals surface area contributed by atoms with Crippen molar-refractivity contribution < 1.29 is 23.5 Å². The van der Waals surface area contributed by atoms with E-state index in [1.165, 1.54) is 13.0 Å². The van der Waals surface area contributed by atoms with Gasteiger partial charge in [0.1, 0.15) is 18.1 Å². The summed E-state index contributed by atoms with van der Waals surface area (Å²) < 4.78 is 11.0. The second-order valence-electron chi connectivity index (χ2n) is 6.74. The standard InChI is InChI=1S/C23H23N3O5/c1-16(27)24-20(17-8-4-2-5-9-17)14-22(28)25-26-23(29)21-13-12-19(31-21)15-30-18-10-6-3-7-11-18/h2-13,20H,14-15H2,1H3,(H,24,27)(H,25,28)(H,26,29)/t20-/m0/s1. The highest BCUT2D eigenvalue weighted by atomic mass is 16.5. The Labute approximate surface area is 179 Å². The average Bonchev–Trinajstić information content (AvgIpc) is 3.26. The molecule has 3 amide bonds. The molecule has 0 fully saturated rings.